The van der Waals surface area contributed by atoms with Gasteiger partial charge in [-0.3, -0.25) is 14.9 Å². The van der Waals surface area contributed by atoms with Crippen LogP contribution in [-0.4, -0.2) is 26.6 Å². The molecule has 98 valence electrons. The number of hydrogen-bond acceptors (Lipinski definition) is 5. The number of nitrogens with zero attached hydrogens (tertiary/aromatic N) is 1. The number of anilines is 1. The molecule has 7 nitrogen and oxygen atoms in total. The third-order valence-electron chi connectivity index (χ3n) is 2.26. The highest BCUT2D eigenvalue weighted by atomic mass is 16.6. The Labute approximate surface area is 103 Å². The fourth-order valence-electron chi connectivity index (χ4n) is 1.25. The fraction of sp³-hybridized carbons (Fsp3) is 0.364. The molecule has 3 N–H and O–H groups in total. The van der Waals surface area contributed by atoms with Crippen LogP contribution < -0.4 is 5.32 Å². The SMILES string of the molecule is CC(C)(O)C(=O)Nc1ccc([N+](=O)[O-])c(CO)c1. The summed E-state index contributed by atoms with van der Waals surface area (Å²) in [4.78, 5) is 21.5. The lowest BCUT2D eigenvalue weighted by Gasteiger charge is -2.16. The highest BCUT2D eigenvalue weighted by molar-refractivity contribution is 5.96. The van der Waals surface area contributed by atoms with Crippen molar-refractivity contribution in [3.05, 3.63) is 33.9 Å². The van der Waals surface area contributed by atoms with Crippen molar-refractivity contribution in [2.24, 2.45) is 0 Å². The topological polar surface area (TPSA) is 113 Å². The molecule has 18 heavy (non-hydrogen) atoms. The highest BCUT2D eigenvalue weighted by Crippen LogP contribution is 2.23. The molecule has 0 fully saturated rings. The van der Waals surface area contributed by atoms with Gasteiger partial charge in [0.1, 0.15) is 5.60 Å². The highest BCUT2D eigenvalue weighted by Gasteiger charge is 2.24. The summed E-state index contributed by atoms with van der Waals surface area (Å²) < 4.78 is 0. The van der Waals surface area contributed by atoms with Crippen molar-refractivity contribution in [2.75, 3.05) is 5.32 Å². The number of carbonyl (C=O) groups excluding carboxylic acids is 1. The molecule has 1 amide bonds. The molecule has 0 spiro atoms. The van der Waals surface area contributed by atoms with E-state index in [-0.39, 0.29) is 16.9 Å². The van der Waals surface area contributed by atoms with Crippen LogP contribution in [0.2, 0.25) is 0 Å². The van der Waals surface area contributed by atoms with Crippen LogP contribution >= 0.6 is 0 Å². The summed E-state index contributed by atoms with van der Waals surface area (Å²) in [6.45, 7) is 2.13. The summed E-state index contributed by atoms with van der Waals surface area (Å²) in [5.74, 6) is -0.639. The second kappa shape index (κ2) is 5.11. The van der Waals surface area contributed by atoms with Gasteiger partial charge in [-0.05, 0) is 26.0 Å². The summed E-state index contributed by atoms with van der Waals surface area (Å²) in [5, 5.41) is 31.5. The Bertz CT molecular complexity index is 479. The second-order valence-electron chi connectivity index (χ2n) is 4.27. The Morgan fingerprint density at radius 3 is 2.56 bits per heavy atom. The number of nitro benzene ring substituents is 1. The summed E-state index contributed by atoms with van der Waals surface area (Å²) in [5.41, 5.74) is -1.41. The van der Waals surface area contributed by atoms with Crippen LogP contribution in [0.3, 0.4) is 0 Å². The van der Waals surface area contributed by atoms with Gasteiger partial charge >= 0.3 is 0 Å². The van der Waals surface area contributed by atoms with Gasteiger partial charge in [0.2, 0.25) is 0 Å². The Kier molecular flexibility index (Phi) is 4.00. The van der Waals surface area contributed by atoms with Gasteiger partial charge in [-0.25, -0.2) is 0 Å². The lowest BCUT2D eigenvalue weighted by atomic mass is 10.1. The molecular weight excluding hydrogens is 240 g/mol. The Morgan fingerprint density at radius 1 is 1.50 bits per heavy atom. The number of hydrogen-bond donors (Lipinski definition) is 3. The predicted molar refractivity (Wildman–Crippen MR) is 63.9 cm³/mol. The second-order valence-corrected chi connectivity index (χ2v) is 4.27. The van der Waals surface area contributed by atoms with E-state index in [1.807, 2.05) is 0 Å². The van der Waals surface area contributed by atoms with Crippen molar-refractivity contribution in [2.45, 2.75) is 26.1 Å². The molecule has 1 aromatic rings. The van der Waals surface area contributed by atoms with Crippen molar-refractivity contribution in [3.8, 4) is 0 Å². The normalized spacial score (nSPS) is 11.1. The molecule has 0 saturated carbocycles. The van der Waals surface area contributed by atoms with Crippen LogP contribution in [-0.2, 0) is 11.4 Å². The maximum Gasteiger partial charge on any atom is 0.275 e. The molecule has 0 atom stereocenters. The zero-order chi connectivity index (χ0) is 13.9. The van der Waals surface area contributed by atoms with Crippen LogP contribution in [0.1, 0.15) is 19.4 Å². The quantitative estimate of drug-likeness (QED) is 0.543. The minimum Gasteiger partial charge on any atom is -0.391 e. The smallest absolute Gasteiger partial charge is 0.275 e. The minimum absolute atomic E-state index is 0.0912. The van der Waals surface area contributed by atoms with E-state index in [1.165, 1.54) is 32.0 Å². The van der Waals surface area contributed by atoms with E-state index in [9.17, 15) is 20.0 Å². The van der Waals surface area contributed by atoms with E-state index in [4.69, 9.17) is 5.11 Å². The van der Waals surface area contributed by atoms with Crippen LogP contribution in [0.25, 0.3) is 0 Å². The van der Waals surface area contributed by atoms with Crippen molar-refractivity contribution < 1.29 is 19.9 Å². The monoisotopic (exact) mass is 254 g/mol. The number of aliphatic hydroxyl groups excluding tert-OH is 1. The lowest BCUT2D eigenvalue weighted by molar-refractivity contribution is -0.385. The zero-order valence-electron chi connectivity index (χ0n) is 10.0. The summed E-state index contributed by atoms with van der Waals surface area (Å²) in [6.07, 6.45) is 0. The third kappa shape index (κ3) is 3.25. The van der Waals surface area contributed by atoms with Crippen molar-refractivity contribution in [1.29, 1.82) is 0 Å². The lowest BCUT2D eigenvalue weighted by Crippen LogP contribution is -2.36. The van der Waals surface area contributed by atoms with Crippen molar-refractivity contribution in [1.82, 2.24) is 0 Å². The molecule has 7 heteroatoms. The molecule has 0 aliphatic rings. The van der Waals surface area contributed by atoms with Gasteiger partial charge < -0.3 is 15.5 Å². The van der Waals surface area contributed by atoms with Crippen LogP contribution in [0.5, 0.6) is 0 Å². The van der Waals surface area contributed by atoms with Gasteiger partial charge in [0.05, 0.1) is 17.1 Å². The Balaban J connectivity index is 3.00. The molecule has 0 aliphatic heterocycles. The molecular formula is C11H14N2O5. The number of benzene rings is 1. The number of aliphatic hydroxyl groups is 2. The predicted octanol–water partition coefficient (Wildman–Crippen LogP) is 0.796. The first-order valence-corrected chi connectivity index (χ1v) is 5.17. The van der Waals surface area contributed by atoms with Gasteiger partial charge in [0, 0.05) is 11.8 Å². The van der Waals surface area contributed by atoms with E-state index in [2.05, 4.69) is 5.32 Å². The molecule has 0 saturated heterocycles. The number of carbonyl (C=O) groups is 1. The van der Waals surface area contributed by atoms with E-state index < -0.39 is 23.0 Å². The van der Waals surface area contributed by atoms with E-state index in [0.29, 0.717) is 0 Å². The van der Waals surface area contributed by atoms with E-state index in [0.717, 1.165) is 0 Å². The third-order valence-corrected chi connectivity index (χ3v) is 2.26. The van der Waals surface area contributed by atoms with E-state index in [1.54, 1.807) is 0 Å². The summed E-state index contributed by atoms with van der Waals surface area (Å²) in [7, 11) is 0. The maximum absolute atomic E-state index is 11.5. The van der Waals surface area contributed by atoms with Gasteiger partial charge in [0.15, 0.2) is 0 Å². The molecule has 0 heterocycles. The first kappa shape index (κ1) is 14.1. The molecule has 1 aromatic carbocycles. The van der Waals surface area contributed by atoms with Crippen LogP contribution in [0.15, 0.2) is 18.2 Å². The zero-order valence-corrected chi connectivity index (χ0v) is 10.0. The average Bonchev–Trinajstić information content (AvgIpc) is 2.27. The fourth-order valence-corrected chi connectivity index (χ4v) is 1.25. The van der Waals surface area contributed by atoms with Crippen molar-refractivity contribution in [3.63, 3.8) is 0 Å². The van der Waals surface area contributed by atoms with Gasteiger partial charge in [-0.2, -0.15) is 0 Å². The maximum atomic E-state index is 11.5. The van der Waals surface area contributed by atoms with Crippen LogP contribution in [0.4, 0.5) is 11.4 Å². The standard InChI is InChI=1S/C11H14N2O5/c1-11(2,16)10(15)12-8-3-4-9(13(17)18)7(5-8)6-14/h3-5,14,16H,6H2,1-2H3,(H,12,15). The summed E-state index contributed by atoms with van der Waals surface area (Å²) in [6, 6.07) is 3.81. The number of amides is 1. The van der Waals surface area contributed by atoms with Gasteiger partial charge in [-0.15, -0.1) is 0 Å². The Morgan fingerprint density at radius 2 is 2.11 bits per heavy atom. The van der Waals surface area contributed by atoms with Gasteiger partial charge in [-0.1, -0.05) is 0 Å². The first-order valence-electron chi connectivity index (χ1n) is 5.17. The molecule has 0 bridgehead atoms. The minimum atomic E-state index is -1.55. The van der Waals surface area contributed by atoms with E-state index >= 15 is 0 Å². The first-order chi connectivity index (χ1) is 8.25. The number of rotatable bonds is 4. The van der Waals surface area contributed by atoms with Gasteiger partial charge in [0.25, 0.3) is 11.6 Å². The number of nitrogens with one attached hydrogen (secondary N) is 1. The Hall–Kier alpha value is -1.99. The average molecular weight is 254 g/mol. The largest absolute Gasteiger partial charge is 0.391 e. The summed E-state index contributed by atoms with van der Waals surface area (Å²) >= 11 is 0. The molecule has 0 radical (unpaired) electrons. The van der Waals surface area contributed by atoms with Crippen molar-refractivity contribution >= 4 is 17.3 Å². The molecule has 0 aromatic heterocycles. The molecule has 0 aliphatic carbocycles. The molecule has 1 rings (SSSR count). The molecule has 0 unspecified atom stereocenters. The van der Waals surface area contributed by atoms with Crippen LogP contribution in [0, 0.1) is 10.1 Å². The number of nitro groups is 1.